The fourth-order valence-corrected chi connectivity index (χ4v) is 2.42. The maximum absolute atomic E-state index is 5.52. The van der Waals surface area contributed by atoms with E-state index in [1.165, 1.54) is 5.01 Å². The molecule has 1 saturated heterocycles. The van der Waals surface area contributed by atoms with Crippen molar-refractivity contribution in [2.24, 2.45) is 5.73 Å². The highest BCUT2D eigenvalue weighted by molar-refractivity contribution is 7.09. The number of aromatic nitrogens is 1. The fraction of sp³-hybridized carbons (Fsp3) is 0.667. The van der Waals surface area contributed by atoms with Crippen LogP contribution in [0.5, 0.6) is 0 Å². The van der Waals surface area contributed by atoms with Gasteiger partial charge in [-0.3, -0.25) is 4.90 Å². The Kier molecular flexibility index (Phi) is 3.47. The van der Waals surface area contributed by atoms with Gasteiger partial charge >= 0.3 is 0 Å². The van der Waals surface area contributed by atoms with Crippen LogP contribution >= 0.6 is 11.3 Å². The number of hydrogen-bond acceptors (Lipinski definition) is 5. The first-order valence-corrected chi connectivity index (χ1v) is 5.83. The number of thiazole rings is 1. The Hall–Kier alpha value is -0.490. The molecule has 1 aliphatic heterocycles. The molecule has 78 valence electrons. The average molecular weight is 212 g/mol. The van der Waals surface area contributed by atoms with Crippen molar-refractivity contribution in [3.8, 4) is 0 Å². The normalized spacial score (nSPS) is 18.6. The summed E-state index contributed by atoms with van der Waals surface area (Å²) in [5, 5.41) is 6.58. The van der Waals surface area contributed by atoms with Crippen LogP contribution in [0.2, 0.25) is 0 Å². The lowest BCUT2D eigenvalue weighted by Gasteiger charge is -2.26. The van der Waals surface area contributed by atoms with E-state index in [4.69, 9.17) is 5.73 Å². The van der Waals surface area contributed by atoms with E-state index in [2.05, 4.69) is 20.6 Å². The summed E-state index contributed by atoms with van der Waals surface area (Å²) in [6.45, 7) is 5.96. The molecule has 1 aromatic heterocycles. The van der Waals surface area contributed by atoms with Gasteiger partial charge in [-0.1, -0.05) is 0 Å². The summed E-state index contributed by atoms with van der Waals surface area (Å²) in [4.78, 5) is 6.88. The minimum absolute atomic E-state index is 0.554. The van der Waals surface area contributed by atoms with Crippen LogP contribution in [0.3, 0.4) is 0 Å². The third-order valence-electron chi connectivity index (χ3n) is 2.38. The largest absolute Gasteiger partial charge is 0.325 e. The molecule has 1 aliphatic rings. The van der Waals surface area contributed by atoms with Crippen molar-refractivity contribution >= 4 is 11.3 Å². The van der Waals surface area contributed by atoms with Crippen molar-refractivity contribution in [2.75, 3.05) is 26.2 Å². The topological polar surface area (TPSA) is 54.2 Å². The molecule has 0 spiro atoms. The summed E-state index contributed by atoms with van der Waals surface area (Å²) < 4.78 is 0. The van der Waals surface area contributed by atoms with E-state index in [0.717, 1.165) is 38.4 Å². The molecule has 0 aromatic carbocycles. The van der Waals surface area contributed by atoms with Crippen LogP contribution in [-0.4, -0.2) is 36.1 Å². The van der Waals surface area contributed by atoms with Crippen LogP contribution in [0.4, 0.5) is 0 Å². The SMILES string of the molecule is NCc1csc(CN2CCNCC2)n1. The molecular formula is C9H16N4S. The number of hydrogen-bond donors (Lipinski definition) is 2. The molecule has 0 unspecified atom stereocenters. The molecule has 4 nitrogen and oxygen atoms in total. The standard InChI is InChI=1S/C9H16N4S/c10-5-8-7-14-9(12-8)6-13-3-1-11-2-4-13/h7,11H,1-6,10H2. The lowest BCUT2D eigenvalue weighted by atomic mass is 10.3. The zero-order valence-corrected chi connectivity index (χ0v) is 9.02. The van der Waals surface area contributed by atoms with Crippen molar-refractivity contribution in [1.82, 2.24) is 15.2 Å². The fourth-order valence-electron chi connectivity index (χ4n) is 1.58. The van der Waals surface area contributed by atoms with Crippen LogP contribution in [0.25, 0.3) is 0 Å². The summed E-state index contributed by atoms with van der Waals surface area (Å²) in [5.74, 6) is 0. The van der Waals surface area contributed by atoms with Gasteiger partial charge in [0, 0.05) is 38.1 Å². The molecule has 0 amide bonds. The van der Waals surface area contributed by atoms with Crippen molar-refractivity contribution in [2.45, 2.75) is 13.1 Å². The summed E-state index contributed by atoms with van der Waals surface area (Å²) in [7, 11) is 0. The van der Waals surface area contributed by atoms with Crippen LogP contribution in [0.15, 0.2) is 5.38 Å². The zero-order chi connectivity index (χ0) is 9.80. The van der Waals surface area contributed by atoms with E-state index < -0.39 is 0 Å². The minimum atomic E-state index is 0.554. The van der Waals surface area contributed by atoms with Gasteiger partial charge in [-0.2, -0.15) is 0 Å². The number of rotatable bonds is 3. The third kappa shape index (κ3) is 2.51. The van der Waals surface area contributed by atoms with E-state index in [1.54, 1.807) is 11.3 Å². The molecular weight excluding hydrogens is 196 g/mol. The molecule has 0 aliphatic carbocycles. The molecule has 3 N–H and O–H groups in total. The lowest BCUT2D eigenvalue weighted by Crippen LogP contribution is -2.42. The quantitative estimate of drug-likeness (QED) is 0.741. The molecule has 1 fully saturated rings. The van der Waals surface area contributed by atoms with Gasteiger partial charge in [0.05, 0.1) is 12.2 Å². The molecule has 5 heteroatoms. The highest BCUT2D eigenvalue weighted by Gasteiger charge is 2.11. The van der Waals surface area contributed by atoms with E-state index in [-0.39, 0.29) is 0 Å². The molecule has 0 saturated carbocycles. The molecule has 14 heavy (non-hydrogen) atoms. The molecule has 0 bridgehead atoms. The van der Waals surface area contributed by atoms with Gasteiger partial charge in [-0.05, 0) is 0 Å². The molecule has 1 aromatic rings. The number of nitrogens with one attached hydrogen (secondary N) is 1. The Morgan fingerprint density at radius 1 is 1.50 bits per heavy atom. The summed E-state index contributed by atoms with van der Waals surface area (Å²) in [6.07, 6.45) is 0. The van der Waals surface area contributed by atoms with Crippen LogP contribution < -0.4 is 11.1 Å². The van der Waals surface area contributed by atoms with Gasteiger partial charge in [0.1, 0.15) is 5.01 Å². The van der Waals surface area contributed by atoms with E-state index in [9.17, 15) is 0 Å². The van der Waals surface area contributed by atoms with Crippen LogP contribution in [0.1, 0.15) is 10.7 Å². The lowest BCUT2D eigenvalue weighted by molar-refractivity contribution is 0.233. The van der Waals surface area contributed by atoms with Crippen molar-refractivity contribution in [3.63, 3.8) is 0 Å². The smallest absolute Gasteiger partial charge is 0.107 e. The molecule has 0 atom stereocenters. The Balaban J connectivity index is 1.89. The predicted octanol–water partition coefficient (Wildman–Crippen LogP) is 0.00700. The maximum atomic E-state index is 5.52. The first kappa shape index (κ1) is 10.0. The second-order valence-electron chi connectivity index (χ2n) is 3.46. The van der Waals surface area contributed by atoms with E-state index >= 15 is 0 Å². The van der Waals surface area contributed by atoms with Crippen LogP contribution in [-0.2, 0) is 13.1 Å². The molecule has 0 radical (unpaired) electrons. The van der Waals surface area contributed by atoms with Crippen molar-refractivity contribution in [1.29, 1.82) is 0 Å². The summed E-state index contributed by atoms with van der Waals surface area (Å²) >= 11 is 1.71. The van der Waals surface area contributed by atoms with Gasteiger partial charge in [0.15, 0.2) is 0 Å². The summed E-state index contributed by atoms with van der Waals surface area (Å²) in [6, 6.07) is 0. The van der Waals surface area contributed by atoms with E-state index in [0.29, 0.717) is 6.54 Å². The Labute approximate surface area is 88.1 Å². The number of nitrogens with zero attached hydrogens (tertiary/aromatic N) is 2. The monoisotopic (exact) mass is 212 g/mol. The van der Waals surface area contributed by atoms with Gasteiger partial charge in [-0.25, -0.2) is 4.98 Å². The van der Waals surface area contributed by atoms with Crippen LogP contribution in [0, 0.1) is 0 Å². The second kappa shape index (κ2) is 4.84. The number of piperazine rings is 1. The Morgan fingerprint density at radius 3 is 2.93 bits per heavy atom. The second-order valence-corrected chi connectivity index (χ2v) is 4.41. The van der Waals surface area contributed by atoms with Gasteiger partial charge in [0.2, 0.25) is 0 Å². The molecule has 2 heterocycles. The maximum Gasteiger partial charge on any atom is 0.107 e. The third-order valence-corrected chi connectivity index (χ3v) is 3.26. The Bertz CT molecular complexity index is 280. The predicted molar refractivity (Wildman–Crippen MR) is 58.2 cm³/mol. The van der Waals surface area contributed by atoms with Gasteiger partial charge in [0.25, 0.3) is 0 Å². The first-order valence-electron chi connectivity index (χ1n) is 4.95. The van der Waals surface area contributed by atoms with Gasteiger partial charge in [-0.15, -0.1) is 11.3 Å². The number of nitrogens with two attached hydrogens (primary N) is 1. The average Bonchev–Trinajstić information content (AvgIpc) is 2.67. The van der Waals surface area contributed by atoms with E-state index in [1.807, 2.05) is 0 Å². The van der Waals surface area contributed by atoms with Crippen molar-refractivity contribution < 1.29 is 0 Å². The zero-order valence-electron chi connectivity index (χ0n) is 8.20. The van der Waals surface area contributed by atoms with Gasteiger partial charge < -0.3 is 11.1 Å². The summed E-state index contributed by atoms with van der Waals surface area (Å²) in [5.41, 5.74) is 6.53. The first-order chi connectivity index (χ1) is 6.88. The Morgan fingerprint density at radius 2 is 2.29 bits per heavy atom. The minimum Gasteiger partial charge on any atom is -0.325 e. The highest BCUT2D eigenvalue weighted by atomic mass is 32.1. The molecule has 2 rings (SSSR count). The van der Waals surface area contributed by atoms with Crippen molar-refractivity contribution in [3.05, 3.63) is 16.1 Å². The highest BCUT2D eigenvalue weighted by Crippen LogP contribution is 2.12.